The molecule has 1 atom stereocenters. The molecule has 0 radical (unpaired) electrons. The number of carboxylic acid groups (broad SMARTS) is 1. The minimum Gasteiger partial charge on any atom is -0.480 e. The first-order valence-corrected chi connectivity index (χ1v) is 9.31. The van der Waals surface area contributed by atoms with Crippen molar-refractivity contribution in [3.05, 3.63) is 82.6 Å². The molecule has 0 bridgehead atoms. The zero-order chi connectivity index (χ0) is 18.0. The summed E-state index contributed by atoms with van der Waals surface area (Å²) in [5.74, 6) is -1.04. The van der Waals surface area contributed by atoms with Crippen LogP contribution in [-0.2, 0) is 14.6 Å². The van der Waals surface area contributed by atoms with Gasteiger partial charge in [-0.1, -0.05) is 60.7 Å². The van der Waals surface area contributed by atoms with Gasteiger partial charge in [-0.25, -0.2) is 13.2 Å². The second-order valence-electron chi connectivity index (χ2n) is 5.71. The fourth-order valence-electron chi connectivity index (χ4n) is 2.75. The van der Waals surface area contributed by atoms with E-state index in [0.29, 0.717) is 22.5 Å². The van der Waals surface area contributed by atoms with Crippen molar-refractivity contribution in [3.8, 4) is 0 Å². The van der Waals surface area contributed by atoms with E-state index in [0.717, 1.165) is 10.8 Å². The Labute approximate surface area is 146 Å². The van der Waals surface area contributed by atoms with Gasteiger partial charge < -0.3 is 10.0 Å². The number of rotatable bonds is 4. The van der Waals surface area contributed by atoms with E-state index in [-0.39, 0.29) is 0 Å². The first kappa shape index (κ1) is 17.0. The highest BCUT2D eigenvalue weighted by molar-refractivity contribution is 7.97. The molecule has 1 heterocycles. The molecule has 128 valence electrons. The van der Waals surface area contributed by atoms with Gasteiger partial charge in [0.2, 0.25) is 0 Å². The molecule has 1 aliphatic rings. The van der Waals surface area contributed by atoms with Crippen molar-refractivity contribution in [3.63, 3.8) is 0 Å². The van der Waals surface area contributed by atoms with E-state index >= 15 is 0 Å². The first-order valence-electron chi connectivity index (χ1n) is 7.70. The molecule has 25 heavy (non-hydrogen) atoms. The molecule has 2 aromatic rings. The van der Waals surface area contributed by atoms with Crippen molar-refractivity contribution in [1.82, 2.24) is 4.90 Å². The lowest BCUT2D eigenvalue weighted by molar-refractivity contribution is -0.140. The van der Waals surface area contributed by atoms with Crippen molar-refractivity contribution < 1.29 is 18.3 Å². The van der Waals surface area contributed by atoms with Crippen LogP contribution in [0.5, 0.6) is 0 Å². The van der Waals surface area contributed by atoms with Crippen LogP contribution in [0.25, 0.3) is 11.4 Å². The number of carbonyl (C=O) groups is 1. The van der Waals surface area contributed by atoms with Crippen LogP contribution in [0.3, 0.4) is 0 Å². The fraction of sp³-hybridized carbons (Fsp3) is 0.105. The van der Waals surface area contributed by atoms with Crippen LogP contribution in [0.1, 0.15) is 18.1 Å². The van der Waals surface area contributed by atoms with Gasteiger partial charge in [0.1, 0.15) is 6.04 Å². The van der Waals surface area contributed by atoms with Gasteiger partial charge in [0.25, 0.3) is 0 Å². The van der Waals surface area contributed by atoms with E-state index in [1.54, 1.807) is 53.4 Å². The van der Waals surface area contributed by atoms with Gasteiger partial charge in [0, 0.05) is 0 Å². The molecular weight excluding hydrogens is 338 g/mol. The lowest BCUT2D eigenvalue weighted by Crippen LogP contribution is -2.38. The zero-order valence-electron chi connectivity index (χ0n) is 13.5. The van der Waals surface area contributed by atoms with Gasteiger partial charge in [0.05, 0.1) is 22.2 Å². The average Bonchev–Trinajstić information content (AvgIpc) is 2.61. The number of hydrogen-bond acceptors (Lipinski definition) is 4. The highest BCUT2D eigenvalue weighted by Gasteiger charge is 2.32. The summed E-state index contributed by atoms with van der Waals surface area (Å²) in [5, 5.41) is 11.8. The molecule has 5 nitrogen and oxygen atoms in total. The predicted molar refractivity (Wildman–Crippen MR) is 96.7 cm³/mol. The standard InChI is InChI=1S/C19H17NO4S/c1-14(19(21)22)20-17(15-8-4-2-5-9-15)12-25(23,24)13-18(20)16-10-6-3-7-11-16/h2-14H,1H3,(H,21,22). The Kier molecular flexibility index (Phi) is 4.46. The molecule has 1 unspecified atom stereocenters. The molecule has 0 spiro atoms. The molecule has 0 amide bonds. The lowest BCUT2D eigenvalue weighted by Gasteiger charge is -2.35. The zero-order valence-corrected chi connectivity index (χ0v) is 14.3. The third-order valence-corrected chi connectivity index (χ3v) is 5.06. The maximum absolute atomic E-state index is 12.4. The van der Waals surface area contributed by atoms with E-state index in [1.165, 1.54) is 6.92 Å². The maximum atomic E-state index is 12.4. The monoisotopic (exact) mass is 355 g/mol. The van der Waals surface area contributed by atoms with Gasteiger partial charge in [0.15, 0.2) is 9.84 Å². The van der Waals surface area contributed by atoms with Crippen molar-refractivity contribution in [1.29, 1.82) is 0 Å². The Bertz CT molecular complexity index is 884. The third-order valence-electron chi connectivity index (χ3n) is 3.95. The molecular formula is C19H17NO4S. The number of hydrogen-bond donors (Lipinski definition) is 1. The first-order chi connectivity index (χ1) is 11.9. The number of sulfone groups is 1. The maximum Gasteiger partial charge on any atom is 0.326 e. The highest BCUT2D eigenvalue weighted by Crippen LogP contribution is 2.36. The Balaban J connectivity index is 2.23. The Morgan fingerprint density at radius 2 is 1.28 bits per heavy atom. The van der Waals surface area contributed by atoms with Gasteiger partial charge in [-0.2, -0.15) is 0 Å². The second-order valence-corrected chi connectivity index (χ2v) is 7.36. The third kappa shape index (κ3) is 3.49. The quantitative estimate of drug-likeness (QED) is 0.912. The molecule has 6 heteroatoms. The molecule has 0 aromatic heterocycles. The van der Waals surface area contributed by atoms with E-state index < -0.39 is 21.8 Å². The Morgan fingerprint density at radius 3 is 1.64 bits per heavy atom. The van der Waals surface area contributed by atoms with Gasteiger partial charge >= 0.3 is 5.97 Å². The number of benzene rings is 2. The van der Waals surface area contributed by atoms with Gasteiger partial charge in [-0.15, -0.1) is 0 Å². The summed E-state index contributed by atoms with van der Waals surface area (Å²) in [6.07, 6.45) is 0. The number of nitrogens with zero attached hydrogens (tertiary/aromatic N) is 1. The van der Waals surface area contributed by atoms with Crippen LogP contribution >= 0.6 is 0 Å². The van der Waals surface area contributed by atoms with Crippen LogP contribution in [0.2, 0.25) is 0 Å². The molecule has 0 saturated heterocycles. The van der Waals surface area contributed by atoms with Gasteiger partial charge in [-0.05, 0) is 18.1 Å². The van der Waals surface area contributed by atoms with Crippen molar-refractivity contribution in [2.45, 2.75) is 13.0 Å². The van der Waals surface area contributed by atoms with Crippen LogP contribution in [0.4, 0.5) is 0 Å². The Morgan fingerprint density at radius 1 is 0.880 bits per heavy atom. The minimum absolute atomic E-state index is 0.344. The number of carboxylic acids is 1. The van der Waals surface area contributed by atoms with Crippen molar-refractivity contribution in [2.24, 2.45) is 0 Å². The number of aliphatic carboxylic acids is 1. The summed E-state index contributed by atoms with van der Waals surface area (Å²) in [6.45, 7) is 1.54. The van der Waals surface area contributed by atoms with Crippen LogP contribution in [0, 0.1) is 0 Å². The molecule has 0 fully saturated rings. The molecule has 2 aromatic carbocycles. The van der Waals surface area contributed by atoms with Crippen LogP contribution in [0.15, 0.2) is 71.5 Å². The molecule has 1 aliphatic heterocycles. The summed E-state index contributed by atoms with van der Waals surface area (Å²) >= 11 is 0. The predicted octanol–water partition coefficient (Wildman–Crippen LogP) is 3.19. The van der Waals surface area contributed by atoms with E-state index in [4.69, 9.17) is 0 Å². The lowest BCUT2D eigenvalue weighted by atomic mass is 10.1. The van der Waals surface area contributed by atoms with Gasteiger partial charge in [-0.3, -0.25) is 0 Å². The Hall–Kier alpha value is -2.86. The van der Waals surface area contributed by atoms with Crippen molar-refractivity contribution in [2.75, 3.05) is 0 Å². The summed E-state index contributed by atoms with van der Waals surface area (Å²) in [4.78, 5) is 13.2. The van der Waals surface area contributed by atoms with E-state index in [9.17, 15) is 18.3 Å². The SMILES string of the molecule is CC(C(=O)O)N1C(c2ccccc2)=CS(=O)(=O)C=C1c1ccccc1. The van der Waals surface area contributed by atoms with Crippen LogP contribution < -0.4 is 0 Å². The normalized spacial score (nSPS) is 17.4. The van der Waals surface area contributed by atoms with Crippen molar-refractivity contribution >= 4 is 27.2 Å². The van der Waals surface area contributed by atoms with E-state index in [1.807, 2.05) is 12.1 Å². The molecule has 1 N–H and O–H groups in total. The summed E-state index contributed by atoms with van der Waals surface area (Å²) in [5.41, 5.74) is 1.97. The van der Waals surface area contributed by atoms with E-state index in [2.05, 4.69) is 0 Å². The summed E-state index contributed by atoms with van der Waals surface area (Å²) in [7, 11) is -3.63. The fourth-order valence-corrected chi connectivity index (χ4v) is 3.94. The molecule has 0 saturated carbocycles. The highest BCUT2D eigenvalue weighted by atomic mass is 32.2. The summed E-state index contributed by atoms with van der Waals surface area (Å²) < 4.78 is 24.9. The minimum atomic E-state index is -3.63. The topological polar surface area (TPSA) is 74.7 Å². The second kappa shape index (κ2) is 6.57. The largest absolute Gasteiger partial charge is 0.480 e. The van der Waals surface area contributed by atoms with Crippen LogP contribution in [-0.4, -0.2) is 30.4 Å². The molecule has 0 aliphatic carbocycles. The molecule has 3 rings (SSSR count). The smallest absolute Gasteiger partial charge is 0.326 e. The average molecular weight is 355 g/mol. The summed E-state index contributed by atoms with van der Waals surface area (Å²) in [6, 6.07) is 16.9.